The van der Waals surface area contributed by atoms with Gasteiger partial charge < -0.3 is 10.2 Å². The van der Waals surface area contributed by atoms with Crippen molar-refractivity contribution in [2.75, 3.05) is 13.6 Å². The molecular formula is C20H23N3O2. The van der Waals surface area contributed by atoms with Gasteiger partial charge >= 0.3 is 0 Å². The normalized spacial score (nSPS) is 25.9. The van der Waals surface area contributed by atoms with Crippen LogP contribution in [0.15, 0.2) is 36.4 Å². The van der Waals surface area contributed by atoms with Crippen LogP contribution in [0.2, 0.25) is 0 Å². The van der Waals surface area contributed by atoms with Gasteiger partial charge in [0.15, 0.2) is 0 Å². The van der Waals surface area contributed by atoms with Crippen LogP contribution in [-0.2, 0) is 4.79 Å². The Morgan fingerprint density at radius 3 is 3.00 bits per heavy atom. The second-order valence-corrected chi connectivity index (χ2v) is 7.35. The van der Waals surface area contributed by atoms with Gasteiger partial charge in [-0.25, -0.2) is 4.98 Å². The minimum absolute atomic E-state index is 0.0230. The Morgan fingerprint density at radius 2 is 2.12 bits per heavy atom. The predicted molar refractivity (Wildman–Crippen MR) is 96.2 cm³/mol. The highest BCUT2D eigenvalue weighted by atomic mass is 16.2. The molecule has 2 heterocycles. The molecule has 1 aromatic carbocycles. The van der Waals surface area contributed by atoms with Crippen LogP contribution in [0.3, 0.4) is 0 Å². The first-order valence-corrected chi connectivity index (χ1v) is 8.99. The van der Waals surface area contributed by atoms with Gasteiger partial charge in [-0.3, -0.25) is 9.59 Å². The zero-order valence-corrected chi connectivity index (χ0v) is 14.5. The van der Waals surface area contributed by atoms with Crippen LogP contribution in [0, 0.1) is 5.41 Å². The molecule has 0 radical (unpaired) electrons. The smallest absolute Gasteiger partial charge is 0.269 e. The second kappa shape index (κ2) is 6.14. The minimum atomic E-state index is -0.134. The number of nitrogens with one attached hydrogen (secondary N) is 1. The first-order valence-electron chi connectivity index (χ1n) is 8.99. The van der Waals surface area contributed by atoms with Gasteiger partial charge in [-0.15, -0.1) is 0 Å². The van der Waals surface area contributed by atoms with E-state index in [9.17, 15) is 9.59 Å². The van der Waals surface area contributed by atoms with Crippen LogP contribution in [0.5, 0.6) is 0 Å². The number of pyridine rings is 1. The van der Waals surface area contributed by atoms with Gasteiger partial charge in [0.25, 0.3) is 5.91 Å². The van der Waals surface area contributed by atoms with Gasteiger partial charge in [0.1, 0.15) is 5.69 Å². The Hall–Kier alpha value is -2.43. The molecular weight excluding hydrogens is 314 g/mol. The third-order valence-electron chi connectivity index (χ3n) is 5.99. The average Bonchev–Trinajstić information content (AvgIpc) is 3.07. The minimum Gasteiger partial charge on any atom is -0.350 e. The average molecular weight is 337 g/mol. The molecule has 0 bridgehead atoms. The second-order valence-electron chi connectivity index (χ2n) is 7.35. The van der Waals surface area contributed by atoms with Crippen LogP contribution >= 0.6 is 0 Å². The largest absolute Gasteiger partial charge is 0.350 e. The summed E-state index contributed by atoms with van der Waals surface area (Å²) in [4.78, 5) is 31.0. The van der Waals surface area contributed by atoms with Crippen molar-refractivity contribution >= 4 is 22.7 Å². The number of rotatable bonds is 3. The van der Waals surface area contributed by atoms with Crippen LogP contribution in [0.25, 0.3) is 10.9 Å². The van der Waals surface area contributed by atoms with Gasteiger partial charge in [0.05, 0.1) is 5.52 Å². The monoisotopic (exact) mass is 337 g/mol. The maximum Gasteiger partial charge on any atom is 0.269 e. The van der Waals surface area contributed by atoms with E-state index in [2.05, 4.69) is 10.3 Å². The van der Waals surface area contributed by atoms with Crippen molar-refractivity contribution in [3.05, 3.63) is 42.1 Å². The number of likely N-dealkylation sites (tertiary alicyclic amines) is 1. The molecule has 5 heteroatoms. The van der Waals surface area contributed by atoms with Crippen LogP contribution in [-0.4, -0.2) is 41.3 Å². The molecule has 25 heavy (non-hydrogen) atoms. The lowest BCUT2D eigenvalue weighted by atomic mass is 9.74. The number of carbonyl (C=O) groups excluding carboxylic acids is 2. The number of amides is 2. The number of aromatic nitrogens is 1. The van der Waals surface area contributed by atoms with E-state index in [0.29, 0.717) is 18.7 Å². The SMILES string of the molecule is CN1C(=O)CCC2(CNC(=O)c3ccc4ccccc4n3)CCCC12. The molecule has 2 unspecified atom stereocenters. The third kappa shape index (κ3) is 2.77. The number of hydrogen-bond acceptors (Lipinski definition) is 3. The maximum absolute atomic E-state index is 12.6. The topological polar surface area (TPSA) is 62.3 Å². The molecule has 2 aromatic rings. The molecule has 1 saturated heterocycles. The Morgan fingerprint density at radius 1 is 1.28 bits per heavy atom. The molecule has 4 rings (SSSR count). The summed E-state index contributed by atoms with van der Waals surface area (Å²) < 4.78 is 0. The molecule has 1 aromatic heterocycles. The standard InChI is InChI=1S/C20H23N3O2/c1-23-17-7-4-11-20(17,12-10-18(23)24)13-21-19(25)16-9-8-14-5-2-3-6-15(14)22-16/h2-3,5-6,8-9,17H,4,7,10-13H2,1H3,(H,21,25). The molecule has 2 atom stereocenters. The molecule has 130 valence electrons. The summed E-state index contributed by atoms with van der Waals surface area (Å²) in [6.07, 6.45) is 4.67. The Kier molecular flexibility index (Phi) is 3.94. The van der Waals surface area contributed by atoms with Crippen LogP contribution in [0.4, 0.5) is 0 Å². The molecule has 5 nitrogen and oxygen atoms in total. The summed E-state index contributed by atoms with van der Waals surface area (Å²) in [7, 11) is 1.90. The number of nitrogens with zero attached hydrogens (tertiary/aromatic N) is 2. The predicted octanol–water partition coefficient (Wildman–Crippen LogP) is 2.76. The lowest BCUT2D eigenvalue weighted by molar-refractivity contribution is -0.139. The molecule has 1 aliphatic carbocycles. The van der Waals surface area contributed by atoms with Gasteiger partial charge in [0, 0.05) is 36.9 Å². The number of hydrogen-bond donors (Lipinski definition) is 1. The van der Waals surface area contributed by atoms with Crippen molar-refractivity contribution in [1.29, 1.82) is 0 Å². The van der Waals surface area contributed by atoms with Crippen LogP contribution in [0.1, 0.15) is 42.6 Å². The lowest BCUT2D eigenvalue weighted by Gasteiger charge is -2.44. The lowest BCUT2D eigenvalue weighted by Crippen LogP contribution is -2.54. The van der Waals surface area contributed by atoms with E-state index in [0.717, 1.165) is 36.6 Å². The van der Waals surface area contributed by atoms with Crippen molar-refractivity contribution in [2.45, 2.75) is 38.1 Å². The van der Waals surface area contributed by atoms with E-state index in [1.165, 1.54) is 0 Å². The Labute approximate surface area is 147 Å². The first kappa shape index (κ1) is 16.1. The Balaban J connectivity index is 1.50. The van der Waals surface area contributed by atoms with E-state index in [1.54, 1.807) is 6.07 Å². The fourth-order valence-electron chi connectivity index (χ4n) is 4.56. The highest BCUT2D eigenvalue weighted by Gasteiger charge is 2.49. The molecule has 2 amide bonds. The van der Waals surface area contributed by atoms with Gasteiger partial charge in [0.2, 0.25) is 5.91 Å². The van der Waals surface area contributed by atoms with E-state index in [4.69, 9.17) is 0 Å². The van der Waals surface area contributed by atoms with Crippen molar-refractivity contribution in [2.24, 2.45) is 5.41 Å². The number of carbonyl (C=O) groups is 2. The molecule has 0 spiro atoms. The molecule has 1 saturated carbocycles. The van der Waals surface area contributed by atoms with E-state index < -0.39 is 0 Å². The number of benzene rings is 1. The fourth-order valence-corrected chi connectivity index (χ4v) is 4.56. The fraction of sp³-hybridized carbons (Fsp3) is 0.450. The molecule has 1 aliphatic heterocycles. The summed E-state index contributed by atoms with van der Waals surface area (Å²) in [5.41, 5.74) is 1.30. The van der Waals surface area contributed by atoms with Crippen molar-refractivity contribution in [3.63, 3.8) is 0 Å². The zero-order valence-electron chi connectivity index (χ0n) is 14.5. The number of fused-ring (bicyclic) bond motifs is 2. The molecule has 1 N–H and O–H groups in total. The maximum atomic E-state index is 12.6. The summed E-state index contributed by atoms with van der Waals surface area (Å²) in [5.74, 6) is 0.0929. The van der Waals surface area contributed by atoms with Gasteiger partial charge in [-0.2, -0.15) is 0 Å². The van der Waals surface area contributed by atoms with Gasteiger partial charge in [-0.05, 0) is 31.4 Å². The van der Waals surface area contributed by atoms with Crippen molar-refractivity contribution in [3.8, 4) is 0 Å². The quantitative estimate of drug-likeness (QED) is 0.937. The van der Waals surface area contributed by atoms with E-state index in [1.807, 2.05) is 42.3 Å². The zero-order chi connectivity index (χ0) is 17.4. The van der Waals surface area contributed by atoms with Crippen molar-refractivity contribution < 1.29 is 9.59 Å². The molecule has 2 aliphatic rings. The summed E-state index contributed by atoms with van der Waals surface area (Å²) in [6.45, 7) is 0.614. The van der Waals surface area contributed by atoms with E-state index >= 15 is 0 Å². The van der Waals surface area contributed by atoms with Gasteiger partial charge in [-0.1, -0.05) is 30.7 Å². The summed E-state index contributed by atoms with van der Waals surface area (Å²) >= 11 is 0. The number of piperidine rings is 1. The first-order chi connectivity index (χ1) is 12.1. The highest BCUT2D eigenvalue weighted by Crippen LogP contribution is 2.47. The van der Waals surface area contributed by atoms with Crippen molar-refractivity contribution in [1.82, 2.24) is 15.2 Å². The third-order valence-corrected chi connectivity index (χ3v) is 5.99. The number of para-hydroxylation sites is 1. The highest BCUT2D eigenvalue weighted by molar-refractivity contribution is 5.94. The van der Waals surface area contributed by atoms with E-state index in [-0.39, 0.29) is 23.3 Å². The van der Waals surface area contributed by atoms with Crippen LogP contribution < -0.4 is 5.32 Å². The summed E-state index contributed by atoms with van der Waals surface area (Å²) in [6, 6.07) is 11.7. The Bertz CT molecular complexity index is 835. The summed E-state index contributed by atoms with van der Waals surface area (Å²) in [5, 5.41) is 4.12. The molecule has 2 fully saturated rings.